The standard InChI is InChI=1S/C8H10ClF3N2O2/c1-3-5(6(16)4(15)2-9)7(14-13-3)8(10,11)12/h4,6,15-16H,2H2,1H3,(H,13,14). The minimum atomic E-state index is -4.69. The van der Waals surface area contributed by atoms with E-state index < -0.39 is 29.6 Å². The Morgan fingerprint density at radius 2 is 2.00 bits per heavy atom. The molecule has 0 radical (unpaired) electrons. The minimum absolute atomic E-state index is 0.0454. The fourth-order valence-electron chi connectivity index (χ4n) is 1.29. The zero-order chi connectivity index (χ0) is 12.5. The summed E-state index contributed by atoms with van der Waals surface area (Å²) in [5, 5.41) is 23.9. The van der Waals surface area contributed by atoms with Crippen LogP contribution in [-0.4, -0.2) is 32.4 Å². The van der Waals surface area contributed by atoms with E-state index in [-0.39, 0.29) is 11.6 Å². The second-order valence-electron chi connectivity index (χ2n) is 3.28. The van der Waals surface area contributed by atoms with Crippen LogP contribution in [0.4, 0.5) is 13.2 Å². The van der Waals surface area contributed by atoms with Crippen LogP contribution in [0.3, 0.4) is 0 Å². The fourth-order valence-corrected chi connectivity index (χ4v) is 1.46. The van der Waals surface area contributed by atoms with E-state index in [2.05, 4.69) is 10.2 Å². The molecule has 0 saturated heterocycles. The summed E-state index contributed by atoms with van der Waals surface area (Å²) < 4.78 is 37.4. The molecule has 0 amide bonds. The molecule has 0 aromatic carbocycles. The Morgan fingerprint density at radius 1 is 1.44 bits per heavy atom. The van der Waals surface area contributed by atoms with E-state index in [0.29, 0.717) is 0 Å². The van der Waals surface area contributed by atoms with Crippen molar-refractivity contribution in [2.24, 2.45) is 0 Å². The molecule has 4 nitrogen and oxygen atoms in total. The van der Waals surface area contributed by atoms with Gasteiger partial charge in [-0.25, -0.2) is 0 Å². The second-order valence-corrected chi connectivity index (χ2v) is 3.58. The van der Waals surface area contributed by atoms with E-state index in [1.165, 1.54) is 6.92 Å². The molecule has 1 aromatic rings. The first kappa shape index (κ1) is 13.3. The van der Waals surface area contributed by atoms with Gasteiger partial charge >= 0.3 is 6.18 Å². The van der Waals surface area contributed by atoms with E-state index in [9.17, 15) is 23.4 Å². The van der Waals surface area contributed by atoms with Gasteiger partial charge in [0, 0.05) is 11.3 Å². The number of alkyl halides is 4. The van der Waals surface area contributed by atoms with Crippen molar-refractivity contribution in [3.05, 3.63) is 17.0 Å². The third kappa shape index (κ3) is 2.47. The molecule has 1 aromatic heterocycles. The normalized spacial score (nSPS) is 16.2. The summed E-state index contributed by atoms with van der Waals surface area (Å²) >= 11 is 5.26. The maximum absolute atomic E-state index is 12.5. The quantitative estimate of drug-likeness (QED) is 0.717. The van der Waals surface area contributed by atoms with E-state index in [1.54, 1.807) is 0 Å². The Hall–Kier alpha value is -0.790. The van der Waals surface area contributed by atoms with Gasteiger partial charge in [0.25, 0.3) is 0 Å². The van der Waals surface area contributed by atoms with Crippen molar-refractivity contribution in [1.82, 2.24) is 10.2 Å². The maximum Gasteiger partial charge on any atom is 0.435 e. The number of hydrogen-bond acceptors (Lipinski definition) is 3. The highest BCUT2D eigenvalue weighted by Gasteiger charge is 2.40. The van der Waals surface area contributed by atoms with Crippen LogP contribution < -0.4 is 0 Å². The van der Waals surface area contributed by atoms with Gasteiger partial charge in [0.05, 0.1) is 12.0 Å². The molecule has 1 rings (SSSR count). The Labute approximate surface area is 94.0 Å². The van der Waals surface area contributed by atoms with Crippen molar-refractivity contribution in [2.75, 3.05) is 5.88 Å². The molecule has 0 aliphatic heterocycles. The molecule has 0 aliphatic rings. The summed E-state index contributed by atoms with van der Waals surface area (Å²) in [5.74, 6) is -0.372. The molecule has 0 bridgehead atoms. The molecule has 0 aliphatic carbocycles. The predicted octanol–water partition coefficient (Wildman–Crippen LogP) is 1.37. The second kappa shape index (κ2) is 4.60. The van der Waals surface area contributed by atoms with Crippen LogP contribution in [0.15, 0.2) is 0 Å². The van der Waals surface area contributed by atoms with E-state index in [1.807, 2.05) is 0 Å². The highest BCUT2D eigenvalue weighted by atomic mass is 35.5. The SMILES string of the molecule is Cc1[nH]nc(C(F)(F)F)c1C(O)C(O)CCl. The molecular weight excluding hydrogens is 249 g/mol. The summed E-state index contributed by atoms with van der Waals surface area (Å²) in [4.78, 5) is 0. The lowest BCUT2D eigenvalue weighted by Crippen LogP contribution is -2.23. The van der Waals surface area contributed by atoms with Gasteiger partial charge in [0.15, 0.2) is 5.69 Å². The highest BCUT2D eigenvalue weighted by Crippen LogP contribution is 2.35. The molecule has 2 atom stereocenters. The van der Waals surface area contributed by atoms with Crippen LogP contribution in [0.1, 0.15) is 23.1 Å². The van der Waals surface area contributed by atoms with Crippen LogP contribution in [0, 0.1) is 6.92 Å². The Balaban J connectivity index is 3.17. The molecule has 2 unspecified atom stereocenters. The lowest BCUT2D eigenvalue weighted by molar-refractivity contribution is -0.143. The number of hydrogen-bond donors (Lipinski definition) is 3. The number of H-pyrrole nitrogens is 1. The summed E-state index contributed by atoms with van der Waals surface area (Å²) in [6, 6.07) is 0. The largest absolute Gasteiger partial charge is 0.435 e. The predicted molar refractivity (Wildman–Crippen MR) is 50.0 cm³/mol. The lowest BCUT2D eigenvalue weighted by Gasteiger charge is -2.17. The number of aryl methyl sites for hydroxylation is 1. The zero-order valence-electron chi connectivity index (χ0n) is 8.22. The summed E-state index contributed by atoms with van der Waals surface area (Å²) in [6.07, 6.45) is -7.88. The molecule has 92 valence electrons. The van der Waals surface area contributed by atoms with Gasteiger partial charge in [-0.1, -0.05) is 0 Å². The number of aliphatic hydroxyl groups excluding tert-OH is 2. The van der Waals surface area contributed by atoms with Crippen LogP contribution >= 0.6 is 11.6 Å². The Morgan fingerprint density at radius 3 is 2.44 bits per heavy atom. The number of nitrogens with one attached hydrogen (secondary N) is 1. The van der Waals surface area contributed by atoms with E-state index in [0.717, 1.165) is 0 Å². The smallest absolute Gasteiger partial charge is 0.389 e. The van der Waals surface area contributed by atoms with Crippen LogP contribution in [0.2, 0.25) is 0 Å². The average Bonchev–Trinajstić information content (AvgIpc) is 2.57. The number of aliphatic hydroxyl groups is 2. The van der Waals surface area contributed by atoms with Gasteiger partial charge in [-0.15, -0.1) is 11.6 Å². The number of rotatable bonds is 3. The van der Waals surface area contributed by atoms with Gasteiger partial charge in [-0.05, 0) is 6.92 Å². The van der Waals surface area contributed by atoms with Crippen molar-refractivity contribution in [1.29, 1.82) is 0 Å². The number of halogens is 4. The summed E-state index contributed by atoms with van der Waals surface area (Å²) in [6.45, 7) is 1.32. The molecule has 1 heterocycles. The third-order valence-electron chi connectivity index (χ3n) is 2.08. The molecule has 0 saturated carbocycles. The third-order valence-corrected chi connectivity index (χ3v) is 2.40. The van der Waals surface area contributed by atoms with Crippen molar-refractivity contribution in [2.45, 2.75) is 25.3 Å². The van der Waals surface area contributed by atoms with Crippen molar-refractivity contribution >= 4 is 11.6 Å². The fraction of sp³-hybridized carbons (Fsp3) is 0.625. The van der Waals surface area contributed by atoms with Crippen molar-refractivity contribution < 1.29 is 23.4 Å². The van der Waals surface area contributed by atoms with Gasteiger partial charge in [-0.2, -0.15) is 18.3 Å². The molecule has 0 fully saturated rings. The summed E-state index contributed by atoms with van der Waals surface area (Å²) in [5.41, 5.74) is -1.66. The highest BCUT2D eigenvalue weighted by molar-refractivity contribution is 6.18. The van der Waals surface area contributed by atoms with Gasteiger partial charge in [0.2, 0.25) is 0 Å². The molecular formula is C8H10ClF3N2O2. The Bertz CT molecular complexity index is 367. The maximum atomic E-state index is 12.5. The first-order chi connectivity index (χ1) is 7.29. The topological polar surface area (TPSA) is 69.1 Å². The van der Waals surface area contributed by atoms with Crippen LogP contribution in [-0.2, 0) is 6.18 Å². The summed E-state index contributed by atoms with van der Waals surface area (Å²) in [7, 11) is 0. The average molecular weight is 259 g/mol. The van der Waals surface area contributed by atoms with Crippen molar-refractivity contribution in [3.63, 3.8) is 0 Å². The van der Waals surface area contributed by atoms with Crippen LogP contribution in [0.5, 0.6) is 0 Å². The first-order valence-electron chi connectivity index (χ1n) is 4.33. The first-order valence-corrected chi connectivity index (χ1v) is 4.86. The van der Waals surface area contributed by atoms with Crippen LogP contribution in [0.25, 0.3) is 0 Å². The number of aromatic amines is 1. The zero-order valence-corrected chi connectivity index (χ0v) is 8.97. The molecule has 3 N–H and O–H groups in total. The minimum Gasteiger partial charge on any atom is -0.389 e. The van der Waals surface area contributed by atoms with Gasteiger partial charge in [-0.3, -0.25) is 5.10 Å². The van der Waals surface area contributed by atoms with Crippen molar-refractivity contribution in [3.8, 4) is 0 Å². The molecule has 0 spiro atoms. The van der Waals surface area contributed by atoms with E-state index >= 15 is 0 Å². The van der Waals surface area contributed by atoms with Gasteiger partial charge < -0.3 is 10.2 Å². The molecule has 16 heavy (non-hydrogen) atoms. The number of aromatic nitrogens is 2. The Kier molecular flexibility index (Phi) is 3.82. The lowest BCUT2D eigenvalue weighted by atomic mass is 10.0. The monoisotopic (exact) mass is 258 g/mol. The molecule has 8 heteroatoms. The van der Waals surface area contributed by atoms with E-state index in [4.69, 9.17) is 11.6 Å². The van der Waals surface area contributed by atoms with Gasteiger partial charge in [0.1, 0.15) is 6.10 Å². The number of nitrogens with zero attached hydrogens (tertiary/aromatic N) is 1.